The monoisotopic (exact) mass is 671 g/mol. The maximum atomic E-state index is 10.9. The van der Waals surface area contributed by atoms with E-state index in [9.17, 15) is 10.5 Å². The van der Waals surface area contributed by atoms with Crippen LogP contribution in [0.2, 0.25) is 0 Å². The Morgan fingerprint density at radius 3 is 1.23 bits per heavy atom. The third-order valence-electron chi connectivity index (χ3n) is 9.93. The Hall–Kier alpha value is -6.14. The van der Waals surface area contributed by atoms with Crippen molar-refractivity contribution in [1.29, 1.82) is 10.5 Å². The van der Waals surface area contributed by atoms with Gasteiger partial charge >= 0.3 is 282 Å². The summed E-state index contributed by atoms with van der Waals surface area (Å²) in [5.74, 6) is 0. The van der Waals surface area contributed by atoms with Crippen LogP contribution in [0.25, 0.3) is 49.2 Å². The van der Waals surface area contributed by atoms with Crippen LogP contribution in [0.3, 0.4) is 0 Å². The van der Waals surface area contributed by atoms with Crippen molar-refractivity contribution in [3.05, 3.63) is 175 Å². The van der Waals surface area contributed by atoms with Gasteiger partial charge in [-0.25, -0.2) is 0 Å². The fraction of sp³-hybridized carbons (Fsp3) is 0. The first-order valence-electron chi connectivity index (χ1n) is 16.1. The second-order valence-corrected chi connectivity index (χ2v) is 20.3. The Morgan fingerprint density at radius 2 is 0.812 bits per heavy atom. The molecule has 0 spiro atoms. The minimum absolute atomic E-state index is 0.517. The Balaban J connectivity index is 1.39. The first kappa shape index (κ1) is 28.1. The molecule has 0 bridgehead atoms. The van der Waals surface area contributed by atoms with Crippen LogP contribution < -0.4 is 17.6 Å². The van der Waals surface area contributed by atoms with Gasteiger partial charge in [-0.15, -0.1) is 0 Å². The Kier molecular flexibility index (Phi) is 6.44. The van der Waals surface area contributed by atoms with Crippen molar-refractivity contribution in [2.24, 2.45) is 0 Å². The normalized spacial score (nSPS) is 11.7. The van der Waals surface area contributed by atoms with Crippen molar-refractivity contribution in [3.8, 4) is 23.3 Å². The van der Waals surface area contributed by atoms with Gasteiger partial charge in [-0.1, -0.05) is 0 Å². The zero-order valence-electron chi connectivity index (χ0n) is 25.9. The third-order valence-corrected chi connectivity index (χ3v) is 19.9. The van der Waals surface area contributed by atoms with E-state index in [0.29, 0.717) is 16.7 Å². The molecule has 7 aromatic carbocycles. The molecule has 2 heterocycles. The predicted octanol–water partition coefficient (Wildman–Crippen LogP) is 7.62. The van der Waals surface area contributed by atoms with E-state index in [1.165, 1.54) is 18.7 Å². The average molecular weight is 670 g/mol. The molecular weight excluding hydrogens is 643 g/mol. The van der Waals surface area contributed by atoms with Crippen LogP contribution in [0.1, 0.15) is 11.1 Å². The van der Waals surface area contributed by atoms with Crippen LogP contribution in [0.4, 0.5) is 0 Å². The molecule has 9 aromatic rings. The molecule has 0 unspecified atom stereocenters. The van der Waals surface area contributed by atoms with Gasteiger partial charge in [0.25, 0.3) is 0 Å². The number of hydrogen-bond acceptors (Lipinski definition) is 2. The van der Waals surface area contributed by atoms with E-state index in [4.69, 9.17) is 0 Å². The van der Waals surface area contributed by atoms with E-state index in [0.717, 1.165) is 42.5 Å². The van der Waals surface area contributed by atoms with Crippen LogP contribution in [0.15, 0.2) is 164 Å². The number of rotatable bonds is 5. The SMILES string of the molecule is N#Cc1c[c]([Ge]([c]2ccccc2)([c]2ccccc2)[c]2ccccc2)cc(C#N)c1-c1cc2c3ccccc3n3c4ccccc4c(c1)c23. The molecule has 0 saturated heterocycles. The maximum absolute atomic E-state index is 10.9. The Morgan fingerprint density at radius 1 is 0.417 bits per heavy atom. The molecule has 0 saturated carbocycles. The van der Waals surface area contributed by atoms with Gasteiger partial charge in [0, 0.05) is 0 Å². The van der Waals surface area contributed by atoms with Crippen molar-refractivity contribution < 1.29 is 0 Å². The number of benzene rings is 7. The molecular formula is C44H27GeN3. The summed E-state index contributed by atoms with van der Waals surface area (Å²) in [6, 6.07) is 62.6. The molecule has 0 fully saturated rings. The van der Waals surface area contributed by atoms with Gasteiger partial charge in [-0.3, -0.25) is 0 Å². The summed E-state index contributed by atoms with van der Waals surface area (Å²) in [5.41, 5.74) is 6.08. The van der Waals surface area contributed by atoms with Crippen molar-refractivity contribution in [1.82, 2.24) is 4.40 Å². The number of fused-ring (bicyclic) bond motifs is 6. The fourth-order valence-electron chi connectivity index (χ4n) is 8.00. The molecule has 0 atom stereocenters. The molecule has 0 radical (unpaired) electrons. The molecule has 4 heteroatoms. The summed E-state index contributed by atoms with van der Waals surface area (Å²) in [6.45, 7) is 0. The van der Waals surface area contributed by atoms with Crippen LogP contribution in [0.5, 0.6) is 0 Å². The molecule has 2 aromatic heterocycles. The fourth-order valence-corrected chi connectivity index (χ4v) is 18.1. The first-order chi connectivity index (χ1) is 23.7. The van der Waals surface area contributed by atoms with Gasteiger partial charge in [-0.2, -0.15) is 0 Å². The number of hydrogen-bond donors (Lipinski definition) is 0. The van der Waals surface area contributed by atoms with Crippen molar-refractivity contribution in [3.63, 3.8) is 0 Å². The Bertz CT molecular complexity index is 2520. The van der Waals surface area contributed by atoms with Crippen LogP contribution in [-0.4, -0.2) is 17.7 Å². The molecule has 0 aliphatic carbocycles. The van der Waals surface area contributed by atoms with E-state index in [-0.39, 0.29) is 0 Å². The molecule has 48 heavy (non-hydrogen) atoms. The average Bonchev–Trinajstić information content (AvgIpc) is 3.68. The molecule has 0 N–H and O–H groups in total. The van der Waals surface area contributed by atoms with E-state index in [2.05, 4.69) is 162 Å². The standard InChI is InChI=1S/C44H27GeN3/c46-28-31-24-36(45(33-14-4-1-5-15-33,34-16-6-2-7-17-34)35-18-8-3-9-19-35)25-32(29-47)43(31)30-26-39-37-20-10-12-22-41(37)48-42-23-13-11-21-38(42)40(27-30)44(39)48/h1-27H. The van der Waals surface area contributed by atoms with Gasteiger partial charge in [0.1, 0.15) is 0 Å². The van der Waals surface area contributed by atoms with Crippen LogP contribution in [0, 0.1) is 22.7 Å². The van der Waals surface area contributed by atoms with Crippen LogP contribution >= 0.6 is 0 Å². The number of para-hydroxylation sites is 2. The van der Waals surface area contributed by atoms with E-state index < -0.39 is 13.3 Å². The minimum atomic E-state index is -3.71. The van der Waals surface area contributed by atoms with E-state index >= 15 is 0 Å². The number of nitriles is 2. The summed E-state index contributed by atoms with van der Waals surface area (Å²) in [7, 11) is 0. The molecule has 0 amide bonds. The summed E-state index contributed by atoms with van der Waals surface area (Å²) in [5, 5.41) is 26.4. The molecule has 0 aliphatic rings. The third kappa shape index (κ3) is 3.92. The van der Waals surface area contributed by atoms with Gasteiger partial charge in [0.15, 0.2) is 0 Å². The number of aromatic nitrogens is 1. The molecule has 0 aliphatic heterocycles. The van der Waals surface area contributed by atoms with E-state index in [1.54, 1.807) is 0 Å². The van der Waals surface area contributed by atoms with Crippen molar-refractivity contribution in [2.75, 3.05) is 0 Å². The molecule has 3 nitrogen and oxygen atoms in total. The summed E-state index contributed by atoms with van der Waals surface area (Å²) >= 11 is -3.71. The second kappa shape index (κ2) is 11.0. The zero-order valence-corrected chi connectivity index (χ0v) is 28.0. The van der Waals surface area contributed by atoms with Gasteiger partial charge in [0.2, 0.25) is 0 Å². The predicted molar refractivity (Wildman–Crippen MR) is 200 cm³/mol. The quantitative estimate of drug-likeness (QED) is 0.177. The zero-order chi connectivity index (χ0) is 32.2. The van der Waals surface area contributed by atoms with Crippen LogP contribution in [-0.2, 0) is 0 Å². The van der Waals surface area contributed by atoms with Gasteiger partial charge < -0.3 is 0 Å². The summed E-state index contributed by atoms with van der Waals surface area (Å²) < 4.78 is 7.14. The van der Waals surface area contributed by atoms with Crippen molar-refractivity contribution in [2.45, 2.75) is 0 Å². The summed E-state index contributed by atoms with van der Waals surface area (Å²) in [4.78, 5) is 0. The summed E-state index contributed by atoms with van der Waals surface area (Å²) in [6.07, 6.45) is 0. The number of nitrogens with zero attached hydrogens (tertiary/aromatic N) is 3. The Labute approximate surface area is 280 Å². The van der Waals surface area contributed by atoms with Gasteiger partial charge in [-0.05, 0) is 0 Å². The van der Waals surface area contributed by atoms with Crippen molar-refractivity contribution >= 4 is 68.9 Å². The van der Waals surface area contributed by atoms with E-state index in [1.807, 2.05) is 18.2 Å². The van der Waals surface area contributed by atoms with Gasteiger partial charge in [0.05, 0.1) is 0 Å². The topological polar surface area (TPSA) is 52.0 Å². The first-order valence-corrected chi connectivity index (χ1v) is 20.3. The second-order valence-electron chi connectivity index (χ2n) is 12.3. The molecule has 9 rings (SSSR count). The molecule has 222 valence electrons.